The predicted octanol–water partition coefficient (Wildman–Crippen LogP) is 5.46. The topological polar surface area (TPSA) is 121 Å². The number of aryl methyl sites for hydroxylation is 1. The number of amides is 2. The Morgan fingerprint density at radius 1 is 1.13 bits per heavy atom. The number of alkyl halides is 3. The Morgan fingerprint density at radius 2 is 1.79 bits per heavy atom. The lowest BCUT2D eigenvalue weighted by Crippen LogP contribution is -2.51. The molecule has 0 saturated heterocycles. The van der Waals surface area contributed by atoms with Crippen molar-refractivity contribution in [3.63, 3.8) is 0 Å². The minimum atomic E-state index is -4.86. The number of rotatable bonds is 7. The summed E-state index contributed by atoms with van der Waals surface area (Å²) in [6.45, 7) is 4.29. The van der Waals surface area contributed by atoms with Crippen LogP contribution < -0.4 is 15.8 Å². The van der Waals surface area contributed by atoms with Gasteiger partial charge in [0.15, 0.2) is 4.90 Å². The summed E-state index contributed by atoms with van der Waals surface area (Å²) >= 11 is 3.87. The summed E-state index contributed by atoms with van der Waals surface area (Å²) in [4.78, 5) is 29.3. The number of aromatic nitrogens is 1. The van der Waals surface area contributed by atoms with E-state index in [9.17, 15) is 31.7 Å². The largest absolute Gasteiger partial charge is 0.588 e. The molecule has 3 rings (SSSR count). The van der Waals surface area contributed by atoms with E-state index in [0.717, 1.165) is 22.5 Å². The van der Waals surface area contributed by atoms with E-state index in [0.29, 0.717) is 6.07 Å². The van der Waals surface area contributed by atoms with Gasteiger partial charge in [-0.15, -0.1) is 0 Å². The number of likely N-dealkylation sites (N-methyl/N-ethyl adjacent to an activating group) is 1. The molecule has 0 bridgehead atoms. The quantitative estimate of drug-likeness (QED) is 0.215. The molecule has 0 aliphatic rings. The monoisotopic (exact) mass is 586 g/mol. The molecule has 0 fully saturated rings. The summed E-state index contributed by atoms with van der Waals surface area (Å²) in [5.41, 5.74) is 3.02. The number of benzene rings is 2. The van der Waals surface area contributed by atoms with Crippen LogP contribution in [-0.2, 0) is 22.3 Å². The first-order valence-electron chi connectivity index (χ1n) is 11.1. The van der Waals surface area contributed by atoms with Crippen molar-refractivity contribution in [1.29, 1.82) is 0 Å². The number of nitrogens with one attached hydrogen (secondary N) is 1. The zero-order chi connectivity index (χ0) is 29.3. The molecule has 0 saturated carbocycles. The second kappa shape index (κ2) is 11.4. The van der Waals surface area contributed by atoms with E-state index in [4.69, 9.17) is 22.1 Å². The lowest BCUT2D eigenvalue weighted by Gasteiger charge is -2.26. The molecule has 208 valence electrons. The molecule has 39 heavy (non-hydrogen) atoms. The molecule has 1 atom stereocenters. The van der Waals surface area contributed by atoms with Crippen LogP contribution in [0, 0.1) is 12.9 Å². The van der Waals surface area contributed by atoms with E-state index in [1.54, 1.807) is 0 Å². The number of carbonyl (C=O) groups excluding carboxylic acids is 2. The zero-order valence-corrected chi connectivity index (χ0v) is 22.6. The second-order valence-electron chi connectivity index (χ2n) is 8.90. The second-order valence-corrected chi connectivity index (χ2v) is 10.8. The molecule has 0 aliphatic carbocycles. The fourth-order valence-electron chi connectivity index (χ4n) is 3.30. The Bertz CT molecular complexity index is 1420. The maximum Gasteiger partial charge on any atom is 0.417 e. The van der Waals surface area contributed by atoms with Crippen molar-refractivity contribution in [2.24, 2.45) is 5.73 Å². The minimum Gasteiger partial charge on any atom is -0.588 e. The molecular formula is C25H23ClF4N4O4S. The number of hydrogen-bond acceptors (Lipinski definition) is 6. The number of hydrogen-bond donors (Lipinski definition) is 2. The molecule has 1 heterocycles. The average Bonchev–Trinajstić information content (AvgIpc) is 2.83. The van der Waals surface area contributed by atoms with Crippen LogP contribution in [0.25, 0.3) is 0 Å². The van der Waals surface area contributed by atoms with Crippen LogP contribution in [0.1, 0.15) is 35.5 Å². The normalized spacial score (nSPS) is 12.6. The van der Waals surface area contributed by atoms with Gasteiger partial charge < -0.3 is 20.3 Å². The van der Waals surface area contributed by atoms with Crippen molar-refractivity contribution in [2.45, 2.75) is 37.4 Å². The summed E-state index contributed by atoms with van der Waals surface area (Å²) in [6.07, 6.45) is -4.86. The van der Waals surface area contributed by atoms with Gasteiger partial charge in [-0.05, 0) is 57.2 Å². The molecule has 0 aliphatic heterocycles. The number of nitrogens with two attached hydrogens (primary N) is 1. The SMILES string of the molecule is Cc1nc(F)ccc1Oc1cc(C(F)(F)F)c(Cl)cc1C(=O)Nc1cccc([S@@+]([O-])N(C)C(=O)C(C)(C)N)c1. The first-order valence-corrected chi connectivity index (χ1v) is 12.6. The molecule has 14 heteroatoms. The smallest absolute Gasteiger partial charge is 0.417 e. The van der Waals surface area contributed by atoms with E-state index in [1.165, 1.54) is 52.1 Å². The molecule has 1 aromatic heterocycles. The van der Waals surface area contributed by atoms with Crippen molar-refractivity contribution in [1.82, 2.24) is 9.29 Å². The van der Waals surface area contributed by atoms with Gasteiger partial charge in [-0.25, -0.2) is 4.98 Å². The molecule has 0 radical (unpaired) electrons. The van der Waals surface area contributed by atoms with E-state index < -0.39 is 57.2 Å². The third kappa shape index (κ3) is 7.18. The van der Waals surface area contributed by atoms with Gasteiger partial charge in [0.05, 0.1) is 34.4 Å². The minimum absolute atomic E-state index is 0.0272. The van der Waals surface area contributed by atoms with E-state index in [-0.39, 0.29) is 27.6 Å². The van der Waals surface area contributed by atoms with Crippen LogP contribution in [0.5, 0.6) is 11.5 Å². The molecular weight excluding hydrogens is 564 g/mol. The highest BCUT2D eigenvalue weighted by Gasteiger charge is 2.36. The molecule has 8 nitrogen and oxygen atoms in total. The first-order chi connectivity index (χ1) is 18.0. The van der Waals surface area contributed by atoms with Gasteiger partial charge in [-0.2, -0.15) is 21.9 Å². The van der Waals surface area contributed by atoms with Gasteiger partial charge in [0.1, 0.15) is 22.9 Å². The van der Waals surface area contributed by atoms with Crippen molar-refractivity contribution in [2.75, 3.05) is 12.4 Å². The Hall–Kier alpha value is -3.39. The zero-order valence-electron chi connectivity index (χ0n) is 21.0. The van der Waals surface area contributed by atoms with E-state index >= 15 is 0 Å². The molecule has 3 N–H and O–H groups in total. The Labute approximate surface area is 229 Å². The maximum absolute atomic E-state index is 13.5. The van der Waals surface area contributed by atoms with E-state index in [1.807, 2.05) is 0 Å². The molecule has 2 aromatic carbocycles. The Morgan fingerprint density at radius 3 is 2.38 bits per heavy atom. The van der Waals surface area contributed by atoms with Crippen molar-refractivity contribution in [3.05, 3.63) is 76.3 Å². The van der Waals surface area contributed by atoms with Crippen LogP contribution in [-0.4, -0.2) is 38.2 Å². The highest BCUT2D eigenvalue weighted by molar-refractivity contribution is 7.89. The van der Waals surface area contributed by atoms with Gasteiger partial charge in [0.2, 0.25) is 5.95 Å². The van der Waals surface area contributed by atoms with Crippen molar-refractivity contribution in [3.8, 4) is 11.5 Å². The number of anilines is 1. The first kappa shape index (κ1) is 30.2. The third-order valence-corrected chi connectivity index (χ3v) is 6.86. The predicted molar refractivity (Wildman–Crippen MR) is 137 cm³/mol. The number of nitrogens with zero attached hydrogens (tertiary/aromatic N) is 2. The Kier molecular flexibility index (Phi) is 8.80. The summed E-state index contributed by atoms with van der Waals surface area (Å²) in [6, 6.07) is 9.11. The van der Waals surface area contributed by atoms with Gasteiger partial charge >= 0.3 is 6.18 Å². The molecule has 3 aromatic rings. The van der Waals surface area contributed by atoms with Crippen LogP contribution in [0.3, 0.4) is 0 Å². The summed E-state index contributed by atoms with van der Waals surface area (Å²) < 4.78 is 73.4. The lowest BCUT2D eigenvalue weighted by molar-refractivity contribution is -0.137. The van der Waals surface area contributed by atoms with Crippen molar-refractivity contribution >= 4 is 40.5 Å². The molecule has 2 amide bonds. The van der Waals surface area contributed by atoms with E-state index in [2.05, 4.69) is 10.3 Å². The van der Waals surface area contributed by atoms with Gasteiger partial charge in [-0.1, -0.05) is 17.7 Å². The fraction of sp³-hybridized carbons (Fsp3) is 0.240. The molecule has 0 spiro atoms. The van der Waals surface area contributed by atoms with Crippen LogP contribution in [0.2, 0.25) is 5.02 Å². The summed E-state index contributed by atoms with van der Waals surface area (Å²) in [7, 11) is 1.30. The van der Waals surface area contributed by atoms with Crippen LogP contribution >= 0.6 is 11.6 Å². The van der Waals surface area contributed by atoms with Gasteiger partial charge in [0.25, 0.3) is 11.8 Å². The highest BCUT2D eigenvalue weighted by atomic mass is 35.5. The standard InChI is InChI=1S/C25H23ClF4N4O4S/c1-13-19(8-9-21(27)32-13)38-20-12-17(25(28,29)30)18(26)11-16(20)22(35)33-14-6-5-7-15(10-14)39(37)34(4)23(36)24(2,3)31/h5-12H,31H2,1-4H3,(H,33,35)/t39-/m1/s1. The van der Waals surface area contributed by atoms with Gasteiger partial charge in [0, 0.05) is 11.8 Å². The maximum atomic E-state index is 13.5. The molecule has 0 unspecified atom stereocenters. The average molecular weight is 587 g/mol. The van der Waals surface area contributed by atoms with Crippen LogP contribution in [0.4, 0.5) is 23.2 Å². The third-order valence-electron chi connectivity index (χ3n) is 5.22. The highest BCUT2D eigenvalue weighted by Crippen LogP contribution is 2.40. The Balaban J connectivity index is 1.96. The van der Waals surface area contributed by atoms with Gasteiger partial charge in [-0.3, -0.25) is 9.59 Å². The van der Waals surface area contributed by atoms with Crippen molar-refractivity contribution < 1.29 is 36.4 Å². The number of ether oxygens (including phenoxy) is 1. The number of carbonyl (C=O) groups is 2. The fourth-order valence-corrected chi connectivity index (χ4v) is 4.69. The summed E-state index contributed by atoms with van der Waals surface area (Å²) in [5.74, 6) is -2.94. The number of halogens is 5. The summed E-state index contributed by atoms with van der Waals surface area (Å²) in [5, 5.41) is 1.73. The van der Waals surface area contributed by atoms with Crippen LogP contribution in [0.15, 0.2) is 53.4 Å². The number of pyridine rings is 1. The lowest BCUT2D eigenvalue weighted by atomic mass is 10.1.